The molecule has 0 radical (unpaired) electrons. The lowest BCUT2D eigenvalue weighted by molar-refractivity contribution is 0.669. The fourth-order valence-corrected chi connectivity index (χ4v) is 5.21. The molecule has 0 bridgehead atoms. The van der Waals surface area contributed by atoms with Crippen LogP contribution in [0.2, 0.25) is 0 Å². The number of aromatic nitrogens is 2. The maximum atomic E-state index is 6.16. The van der Waals surface area contributed by atoms with E-state index in [4.69, 9.17) is 4.42 Å². The van der Waals surface area contributed by atoms with Gasteiger partial charge in [0.25, 0.3) is 0 Å². The molecule has 0 saturated carbocycles. The van der Waals surface area contributed by atoms with Gasteiger partial charge in [0, 0.05) is 32.2 Å². The topological polar surface area (TPSA) is 31.0 Å². The van der Waals surface area contributed by atoms with Crippen LogP contribution in [0, 0.1) is 0 Å². The molecule has 3 heterocycles. The summed E-state index contributed by atoms with van der Waals surface area (Å²) in [5.41, 5.74) is 7.52. The van der Waals surface area contributed by atoms with Crippen LogP contribution >= 0.6 is 15.9 Å². The molecule has 33 heavy (non-hydrogen) atoms. The zero-order valence-corrected chi connectivity index (χ0v) is 19.1. The monoisotopic (exact) mass is 488 g/mol. The van der Waals surface area contributed by atoms with Gasteiger partial charge in [-0.1, -0.05) is 46.3 Å². The molecule has 156 valence electrons. The summed E-state index contributed by atoms with van der Waals surface area (Å²) < 4.78 is 9.49. The van der Waals surface area contributed by atoms with Gasteiger partial charge in [-0.25, -0.2) is 0 Å². The van der Waals surface area contributed by atoms with E-state index in [0.717, 1.165) is 37.7 Å². The second kappa shape index (κ2) is 7.06. The van der Waals surface area contributed by atoms with E-state index in [0.29, 0.717) is 0 Å². The normalized spacial score (nSPS) is 11.8. The van der Waals surface area contributed by atoms with E-state index in [1.165, 1.54) is 27.4 Å². The van der Waals surface area contributed by atoms with Crippen LogP contribution in [0.15, 0.2) is 112 Å². The van der Waals surface area contributed by atoms with Crippen LogP contribution in [0.1, 0.15) is 0 Å². The van der Waals surface area contributed by atoms with Crippen molar-refractivity contribution in [2.75, 3.05) is 0 Å². The highest BCUT2D eigenvalue weighted by atomic mass is 79.9. The molecule has 0 aliphatic heterocycles. The van der Waals surface area contributed by atoms with Crippen LogP contribution in [0.3, 0.4) is 0 Å². The van der Waals surface area contributed by atoms with Gasteiger partial charge in [-0.3, -0.25) is 4.98 Å². The molecule has 0 N–H and O–H groups in total. The number of nitrogens with zero attached hydrogens (tertiary/aromatic N) is 2. The van der Waals surface area contributed by atoms with Crippen LogP contribution < -0.4 is 0 Å². The molecule has 7 rings (SSSR count). The van der Waals surface area contributed by atoms with Crippen LogP contribution in [0.4, 0.5) is 0 Å². The first-order valence-electron chi connectivity index (χ1n) is 10.8. The van der Waals surface area contributed by atoms with E-state index < -0.39 is 0 Å². The van der Waals surface area contributed by atoms with Gasteiger partial charge in [0.05, 0.1) is 22.9 Å². The number of furan rings is 1. The smallest absolute Gasteiger partial charge is 0.136 e. The van der Waals surface area contributed by atoms with Gasteiger partial charge in [0.1, 0.15) is 11.2 Å². The van der Waals surface area contributed by atoms with Gasteiger partial charge in [-0.05, 0) is 71.8 Å². The fourth-order valence-electron chi connectivity index (χ4n) is 4.85. The number of fused-ring (bicyclic) bond motifs is 6. The summed E-state index contributed by atoms with van der Waals surface area (Å²) in [5.74, 6) is 0. The second-order valence-corrected chi connectivity index (χ2v) is 9.16. The van der Waals surface area contributed by atoms with E-state index in [1.807, 2.05) is 30.6 Å². The molecule has 4 heteroatoms. The van der Waals surface area contributed by atoms with Crippen molar-refractivity contribution in [2.24, 2.45) is 0 Å². The number of hydrogen-bond acceptors (Lipinski definition) is 2. The van der Waals surface area contributed by atoms with E-state index in [2.05, 4.69) is 98.3 Å². The third-order valence-electron chi connectivity index (χ3n) is 6.34. The summed E-state index contributed by atoms with van der Waals surface area (Å²) in [4.78, 5) is 4.34. The van der Waals surface area contributed by atoms with Crippen LogP contribution in [0.25, 0.3) is 60.6 Å². The average Bonchev–Trinajstić information content (AvgIpc) is 3.39. The SMILES string of the molecule is Brc1ccc2oc3cc(-c4ccc5c(c4)c4ccccc4n5-c4cccnc4)ccc3c2c1. The zero-order chi connectivity index (χ0) is 21.9. The van der Waals surface area contributed by atoms with Crippen molar-refractivity contribution in [3.63, 3.8) is 0 Å². The molecule has 0 unspecified atom stereocenters. The van der Waals surface area contributed by atoms with Crippen molar-refractivity contribution in [3.05, 3.63) is 108 Å². The quantitative estimate of drug-likeness (QED) is 0.244. The number of halogens is 1. The Labute approximate surface area is 198 Å². The first-order valence-corrected chi connectivity index (χ1v) is 11.6. The van der Waals surface area contributed by atoms with E-state index in [-0.39, 0.29) is 0 Å². The highest BCUT2D eigenvalue weighted by Crippen LogP contribution is 2.37. The Morgan fingerprint density at radius 3 is 2.39 bits per heavy atom. The Bertz CT molecular complexity index is 1830. The lowest BCUT2D eigenvalue weighted by Crippen LogP contribution is -1.93. The average molecular weight is 489 g/mol. The Morgan fingerprint density at radius 1 is 0.636 bits per heavy atom. The number of para-hydroxylation sites is 1. The van der Waals surface area contributed by atoms with Crippen LogP contribution in [-0.4, -0.2) is 9.55 Å². The molecule has 0 aliphatic rings. The first-order chi connectivity index (χ1) is 16.3. The molecule has 0 spiro atoms. The highest BCUT2D eigenvalue weighted by Gasteiger charge is 2.14. The molecule has 0 aliphatic carbocycles. The molecule has 0 amide bonds. The molecule has 0 atom stereocenters. The maximum absolute atomic E-state index is 6.16. The predicted octanol–water partition coefficient (Wildman–Crippen LogP) is 8.51. The van der Waals surface area contributed by atoms with Crippen molar-refractivity contribution in [1.29, 1.82) is 0 Å². The molecule has 0 fully saturated rings. The van der Waals surface area contributed by atoms with Crippen molar-refractivity contribution in [2.45, 2.75) is 0 Å². The summed E-state index contributed by atoms with van der Waals surface area (Å²) in [5, 5.41) is 4.71. The Hall–Kier alpha value is -3.89. The highest BCUT2D eigenvalue weighted by molar-refractivity contribution is 9.10. The molecule has 7 aromatic rings. The number of rotatable bonds is 2. The van der Waals surface area contributed by atoms with Crippen molar-refractivity contribution in [1.82, 2.24) is 9.55 Å². The van der Waals surface area contributed by atoms with Gasteiger partial charge in [-0.2, -0.15) is 0 Å². The van der Waals surface area contributed by atoms with Gasteiger partial charge in [0.2, 0.25) is 0 Å². The third kappa shape index (κ3) is 2.84. The summed E-state index contributed by atoms with van der Waals surface area (Å²) in [6.45, 7) is 0. The van der Waals surface area contributed by atoms with E-state index >= 15 is 0 Å². The molecule has 4 aromatic carbocycles. The molecule has 0 saturated heterocycles. The number of benzene rings is 4. The Morgan fingerprint density at radius 2 is 1.48 bits per heavy atom. The largest absolute Gasteiger partial charge is 0.456 e. The van der Waals surface area contributed by atoms with E-state index in [9.17, 15) is 0 Å². The Balaban J connectivity index is 1.45. The molecule has 3 aromatic heterocycles. The molecular formula is C29H17BrN2O. The number of pyridine rings is 1. The lowest BCUT2D eigenvalue weighted by Gasteiger charge is -2.07. The van der Waals surface area contributed by atoms with Gasteiger partial charge < -0.3 is 8.98 Å². The zero-order valence-electron chi connectivity index (χ0n) is 17.5. The van der Waals surface area contributed by atoms with Crippen molar-refractivity contribution >= 4 is 59.7 Å². The lowest BCUT2D eigenvalue weighted by atomic mass is 10.0. The summed E-state index contributed by atoms with van der Waals surface area (Å²) in [6.07, 6.45) is 3.72. The van der Waals surface area contributed by atoms with Crippen molar-refractivity contribution in [3.8, 4) is 16.8 Å². The summed E-state index contributed by atoms with van der Waals surface area (Å²) in [6, 6.07) is 31.9. The molecule has 3 nitrogen and oxygen atoms in total. The minimum absolute atomic E-state index is 0.901. The minimum atomic E-state index is 0.901. The molecular weight excluding hydrogens is 472 g/mol. The second-order valence-electron chi connectivity index (χ2n) is 8.25. The minimum Gasteiger partial charge on any atom is -0.456 e. The Kier molecular flexibility index (Phi) is 3.99. The third-order valence-corrected chi connectivity index (χ3v) is 6.84. The van der Waals surface area contributed by atoms with Gasteiger partial charge in [-0.15, -0.1) is 0 Å². The summed E-state index contributed by atoms with van der Waals surface area (Å²) >= 11 is 3.57. The van der Waals surface area contributed by atoms with Crippen LogP contribution in [-0.2, 0) is 0 Å². The standard InChI is InChI=1S/C29H17BrN2O/c30-20-9-12-28-25(16-20)23-10-7-19(15-29(23)33-28)18-8-11-27-24(14-18)22-5-1-2-6-26(22)32(27)21-4-3-13-31-17-21/h1-17H. The fraction of sp³-hybridized carbons (Fsp3) is 0. The van der Waals surface area contributed by atoms with Gasteiger partial charge in [0.15, 0.2) is 0 Å². The van der Waals surface area contributed by atoms with Crippen molar-refractivity contribution < 1.29 is 4.42 Å². The maximum Gasteiger partial charge on any atom is 0.136 e. The predicted molar refractivity (Wildman–Crippen MR) is 139 cm³/mol. The van der Waals surface area contributed by atoms with E-state index in [1.54, 1.807) is 0 Å². The number of hydrogen-bond donors (Lipinski definition) is 0. The van der Waals surface area contributed by atoms with Crippen LogP contribution in [0.5, 0.6) is 0 Å². The summed E-state index contributed by atoms with van der Waals surface area (Å²) in [7, 11) is 0. The van der Waals surface area contributed by atoms with Gasteiger partial charge >= 0.3 is 0 Å². The first kappa shape index (κ1) is 18.7.